The maximum absolute atomic E-state index is 12.7. The van der Waals surface area contributed by atoms with Gasteiger partial charge in [-0.15, -0.1) is 0 Å². The summed E-state index contributed by atoms with van der Waals surface area (Å²) in [7, 11) is -4.10. The maximum Gasteiger partial charge on any atom is 0.387 e. The van der Waals surface area contributed by atoms with Gasteiger partial charge in [0.2, 0.25) is 0 Å². The van der Waals surface area contributed by atoms with Crippen molar-refractivity contribution in [3.05, 3.63) is 53.6 Å². The van der Waals surface area contributed by atoms with Crippen LogP contribution >= 0.6 is 0 Å². The van der Waals surface area contributed by atoms with Crippen molar-refractivity contribution in [2.45, 2.75) is 44.6 Å². The molecule has 2 aromatic carbocycles. The predicted octanol–water partition coefficient (Wildman–Crippen LogP) is 2.79. The first-order valence-electron chi connectivity index (χ1n) is 12.7. The number of carbonyl (C=O) groups is 1. The van der Waals surface area contributed by atoms with Gasteiger partial charge in [-0.25, -0.2) is 0 Å². The van der Waals surface area contributed by atoms with Crippen molar-refractivity contribution in [2.75, 3.05) is 39.5 Å². The molecule has 202 valence electrons. The Morgan fingerprint density at radius 2 is 1.84 bits per heavy atom. The first-order chi connectivity index (χ1) is 17.8. The minimum atomic E-state index is -4.10. The van der Waals surface area contributed by atoms with Crippen LogP contribution in [0.5, 0.6) is 5.75 Å². The molecule has 9 nitrogen and oxygen atoms in total. The van der Waals surface area contributed by atoms with E-state index in [4.69, 9.17) is 18.8 Å². The van der Waals surface area contributed by atoms with E-state index in [2.05, 4.69) is 18.2 Å². The minimum absolute atomic E-state index is 0.0149. The quantitative estimate of drug-likeness (QED) is 0.505. The highest BCUT2D eigenvalue weighted by molar-refractivity contribution is 7.84. The number of carbonyl (C=O) groups excluding carboxylic acids is 1. The van der Waals surface area contributed by atoms with Crippen LogP contribution in [0.4, 0.5) is 0 Å². The van der Waals surface area contributed by atoms with Gasteiger partial charge in [0.25, 0.3) is 0 Å². The second-order valence-electron chi connectivity index (χ2n) is 9.67. The Morgan fingerprint density at radius 3 is 2.51 bits per heavy atom. The maximum atomic E-state index is 12.7. The Morgan fingerprint density at radius 1 is 1.11 bits per heavy atom. The zero-order valence-corrected chi connectivity index (χ0v) is 21.9. The number of aryl methyl sites for hydroxylation is 1. The lowest BCUT2D eigenvalue weighted by Crippen LogP contribution is -2.41. The second kappa shape index (κ2) is 12.4. The summed E-state index contributed by atoms with van der Waals surface area (Å²) >= 11 is 0. The van der Waals surface area contributed by atoms with Crippen LogP contribution in [0.15, 0.2) is 42.5 Å². The van der Waals surface area contributed by atoms with E-state index < -0.39 is 28.3 Å². The lowest BCUT2D eigenvalue weighted by atomic mass is 9.87. The molecule has 4 rings (SSSR count). The van der Waals surface area contributed by atoms with Crippen LogP contribution in [0.1, 0.15) is 42.7 Å². The third-order valence-corrected chi connectivity index (χ3v) is 8.40. The lowest BCUT2D eigenvalue weighted by Gasteiger charge is -2.31. The smallest absolute Gasteiger partial charge is 0.387 e. The Kier molecular flexibility index (Phi) is 9.20. The van der Waals surface area contributed by atoms with Crippen molar-refractivity contribution in [1.29, 1.82) is 0 Å². The number of hydrogen-bond acceptors (Lipinski definition) is 8. The van der Waals surface area contributed by atoms with Crippen LogP contribution in [-0.4, -0.2) is 74.5 Å². The van der Waals surface area contributed by atoms with Crippen molar-refractivity contribution in [3.63, 3.8) is 0 Å². The molecule has 0 bridgehead atoms. The number of aliphatic hydroxyl groups is 2. The molecule has 0 unspecified atom stereocenters. The summed E-state index contributed by atoms with van der Waals surface area (Å²) in [6.45, 7) is 3.18. The molecule has 0 aliphatic carbocycles. The van der Waals surface area contributed by atoms with E-state index in [9.17, 15) is 18.3 Å². The van der Waals surface area contributed by atoms with Crippen LogP contribution in [-0.2, 0) is 24.0 Å². The Hall–Kier alpha value is -2.50. The van der Waals surface area contributed by atoms with E-state index in [-0.39, 0.29) is 19.1 Å². The average molecular weight is 534 g/mol. The van der Waals surface area contributed by atoms with Gasteiger partial charge in [-0.2, -0.15) is 12.7 Å². The third-order valence-electron chi connectivity index (χ3n) is 7.03. The van der Waals surface area contributed by atoms with E-state index >= 15 is 0 Å². The van der Waals surface area contributed by atoms with Crippen LogP contribution in [0.3, 0.4) is 0 Å². The molecule has 10 heteroatoms. The van der Waals surface area contributed by atoms with E-state index in [0.29, 0.717) is 57.7 Å². The summed E-state index contributed by atoms with van der Waals surface area (Å²) < 4.78 is 42.4. The first-order valence-corrected chi connectivity index (χ1v) is 14.1. The number of nitrogens with zero attached hydrogens (tertiary/aromatic N) is 1. The highest BCUT2D eigenvalue weighted by atomic mass is 32.2. The van der Waals surface area contributed by atoms with E-state index in [1.54, 1.807) is 6.07 Å². The molecule has 2 saturated heterocycles. The summed E-state index contributed by atoms with van der Waals surface area (Å²) in [4.78, 5) is 12.3. The molecule has 0 aromatic heterocycles. The molecule has 2 aromatic rings. The van der Waals surface area contributed by atoms with Crippen molar-refractivity contribution < 1.29 is 37.1 Å². The van der Waals surface area contributed by atoms with Crippen LogP contribution < -0.4 is 4.74 Å². The summed E-state index contributed by atoms with van der Waals surface area (Å²) in [6.07, 6.45) is 1.32. The topological polar surface area (TPSA) is 123 Å². The monoisotopic (exact) mass is 533 g/mol. The van der Waals surface area contributed by atoms with E-state index in [1.165, 1.54) is 4.31 Å². The number of benzene rings is 2. The molecule has 0 radical (unpaired) electrons. The van der Waals surface area contributed by atoms with Gasteiger partial charge in [0.1, 0.15) is 18.5 Å². The molecule has 37 heavy (non-hydrogen) atoms. The molecule has 2 aliphatic heterocycles. The van der Waals surface area contributed by atoms with Gasteiger partial charge in [-0.05, 0) is 72.9 Å². The molecule has 2 aliphatic rings. The third kappa shape index (κ3) is 7.08. The van der Waals surface area contributed by atoms with Crippen molar-refractivity contribution in [1.82, 2.24) is 4.31 Å². The van der Waals surface area contributed by atoms with Gasteiger partial charge in [-0.1, -0.05) is 30.3 Å². The minimum Gasteiger partial charge on any atom is -0.491 e. The average Bonchev–Trinajstić information content (AvgIpc) is 2.92. The van der Waals surface area contributed by atoms with E-state index in [0.717, 1.165) is 22.3 Å². The molecule has 2 heterocycles. The van der Waals surface area contributed by atoms with Gasteiger partial charge in [0, 0.05) is 26.3 Å². The zero-order valence-electron chi connectivity index (χ0n) is 21.0. The standard InChI is InChI=1S/C27H35NO8S/c1-19-15-22(5-6-26(19)23-3-2-4-25(16-23)35-18-24(30)17-29)20-7-11-28(12-8-20)37(32,33)36-27(31)21-9-13-34-14-10-21/h2-6,15-16,20-21,24,29-30H,7-14,17-18H2,1H3/t24-/m0/s1. The number of aliphatic hydroxyl groups excluding tert-OH is 2. The molecule has 2 fully saturated rings. The molecule has 0 amide bonds. The molecule has 2 N–H and O–H groups in total. The van der Waals surface area contributed by atoms with Crippen LogP contribution in [0.25, 0.3) is 11.1 Å². The fraction of sp³-hybridized carbons (Fsp3) is 0.519. The lowest BCUT2D eigenvalue weighted by molar-refractivity contribution is -0.141. The van der Waals surface area contributed by atoms with E-state index in [1.807, 2.05) is 25.1 Å². The number of piperidine rings is 1. The van der Waals surface area contributed by atoms with Crippen molar-refractivity contribution in [3.8, 4) is 16.9 Å². The zero-order chi connectivity index (χ0) is 26.4. The first kappa shape index (κ1) is 27.5. The normalized spacial score (nSPS) is 18.9. The van der Waals surface area contributed by atoms with Crippen molar-refractivity contribution >= 4 is 16.3 Å². The predicted molar refractivity (Wildman–Crippen MR) is 137 cm³/mol. The van der Waals surface area contributed by atoms with Gasteiger partial charge < -0.3 is 23.9 Å². The highest BCUT2D eigenvalue weighted by Crippen LogP contribution is 2.34. The van der Waals surface area contributed by atoms with Crippen molar-refractivity contribution in [2.24, 2.45) is 5.92 Å². The Bertz CT molecular complexity index is 1170. The molecular formula is C27H35NO8S. The summed E-state index contributed by atoms with van der Waals surface area (Å²) in [5, 5.41) is 18.5. The molecule has 1 atom stereocenters. The van der Waals surface area contributed by atoms with Gasteiger partial charge in [0.15, 0.2) is 0 Å². The Balaban J connectivity index is 1.36. The van der Waals surface area contributed by atoms with Crippen LogP contribution in [0.2, 0.25) is 0 Å². The largest absolute Gasteiger partial charge is 0.491 e. The van der Waals surface area contributed by atoms with Gasteiger partial charge in [-0.3, -0.25) is 4.79 Å². The Labute approximate surface area is 218 Å². The SMILES string of the molecule is Cc1cc(C2CCN(S(=O)(=O)OC(=O)C3CCOCC3)CC2)ccc1-c1cccc(OC[C@@H](O)CO)c1. The number of hydrogen-bond donors (Lipinski definition) is 2. The van der Waals surface area contributed by atoms with Crippen LogP contribution in [0, 0.1) is 12.8 Å². The van der Waals surface area contributed by atoms with Gasteiger partial charge in [0.05, 0.1) is 12.5 Å². The molecular weight excluding hydrogens is 498 g/mol. The number of rotatable bonds is 9. The fourth-order valence-corrected chi connectivity index (χ4v) is 5.94. The summed E-state index contributed by atoms with van der Waals surface area (Å²) in [6, 6.07) is 13.8. The second-order valence-corrected chi connectivity index (χ2v) is 11.2. The highest BCUT2D eigenvalue weighted by Gasteiger charge is 2.34. The molecule has 0 saturated carbocycles. The number of ether oxygens (including phenoxy) is 2. The summed E-state index contributed by atoms with van der Waals surface area (Å²) in [5.41, 5.74) is 4.27. The summed E-state index contributed by atoms with van der Waals surface area (Å²) in [5.74, 6) is -0.294. The molecule has 0 spiro atoms. The van der Waals surface area contributed by atoms with Gasteiger partial charge >= 0.3 is 16.3 Å². The fourth-order valence-electron chi connectivity index (χ4n) is 4.83.